The van der Waals surface area contributed by atoms with Gasteiger partial charge in [-0.15, -0.1) is 0 Å². The monoisotopic (exact) mass is 703 g/mol. The molecule has 0 atom stereocenters. The van der Waals surface area contributed by atoms with Gasteiger partial charge in [-0.2, -0.15) is 0 Å². The number of aromatic nitrogens is 5. The van der Waals surface area contributed by atoms with Gasteiger partial charge in [0.2, 0.25) is 0 Å². The van der Waals surface area contributed by atoms with E-state index in [0.29, 0.717) is 17.5 Å². The van der Waals surface area contributed by atoms with Crippen molar-refractivity contribution in [1.29, 1.82) is 0 Å². The largest absolute Gasteiger partial charge is 0.292 e. The molecule has 0 unspecified atom stereocenters. The number of hydrogen-bond donors (Lipinski definition) is 0. The van der Waals surface area contributed by atoms with Gasteiger partial charge in [-0.3, -0.25) is 4.57 Å². The standard InChI is InChI=1S/C50H33N5/c1-4-13-36(14-5-1)47-52-48(37-15-6-2-7-16-37)54-49(53-47)38-27-25-35(26-28-38)43-20-12-17-41-33-40(31-32-44(41)43)34-23-29-39(30-24-34)50-51-45-21-10-11-22-46(45)55(50)42-18-8-3-9-19-42/h1-33H. The van der Waals surface area contributed by atoms with E-state index in [1.165, 1.54) is 21.9 Å². The van der Waals surface area contributed by atoms with Gasteiger partial charge in [-0.05, 0) is 63.4 Å². The van der Waals surface area contributed by atoms with Gasteiger partial charge in [-0.25, -0.2) is 19.9 Å². The molecule has 5 heteroatoms. The van der Waals surface area contributed by atoms with Gasteiger partial charge in [0.1, 0.15) is 5.82 Å². The summed E-state index contributed by atoms with van der Waals surface area (Å²) in [4.78, 5) is 19.7. The smallest absolute Gasteiger partial charge is 0.164 e. The van der Waals surface area contributed by atoms with E-state index in [9.17, 15) is 0 Å². The van der Waals surface area contributed by atoms with Crippen LogP contribution in [0.4, 0.5) is 0 Å². The number of fused-ring (bicyclic) bond motifs is 2. The van der Waals surface area contributed by atoms with Gasteiger partial charge >= 0.3 is 0 Å². The Bertz CT molecular complexity index is 2880. The second-order valence-electron chi connectivity index (χ2n) is 13.5. The molecule has 258 valence electrons. The molecule has 0 aliphatic rings. The first-order valence-electron chi connectivity index (χ1n) is 18.4. The third kappa shape index (κ3) is 6.14. The lowest BCUT2D eigenvalue weighted by Gasteiger charge is -2.12. The van der Waals surface area contributed by atoms with Crippen LogP contribution in [-0.2, 0) is 0 Å². The average Bonchev–Trinajstić information content (AvgIpc) is 3.67. The molecule has 0 saturated carbocycles. The quantitative estimate of drug-likeness (QED) is 0.166. The number of hydrogen-bond acceptors (Lipinski definition) is 4. The zero-order chi connectivity index (χ0) is 36.6. The van der Waals surface area contributed by atoms with Crippen molar-refractivity contribution < 1.29 is 0 Å². The van der Waals surface area contributed by atoms with Crippen molar-refractivity contribution in [3.63, 3.8) is 0 Å². The van der Waals surface area contributed by atoms with Crippen molar-refractivity contribution >= 4 is 21.8 Å². The topological polar surface area (TPSA) is 56.5 Å². The first kappa shape index (κ1) is 32.2. The van der Waals surface area contributed by atoms with Crippen molar-refractivity contribution in [2.45, 2.75) is 0 Å². The summed E-state index contributed by atoms with van der Waals surface area (Å²) < 4.78 is 2.24. The van der Waals surface area contributed by atoms with Gasteiger partial charge < -0.3 is 0 Å². The molecule has 0 amide bonds. The molecule has 0 fully saturated rings. The lowest BCUT2D eigenvalue weighted by atomic mass is 9.94. The van der Waals surface area contributed by atoms with Gasteiger partial charge in [0.25, 0.3) is 0 Å². The number of imidazole rings is 1. The summed E-state index contributed by atoms with van der Waals surface area (Å²) in [6.45, 7) is 0. The zero-order valence-electron chi connectivity index (χ0n) is 29.8. The Morgan fingerprint density at radius 2 is 0.836 bits per heavy atom. The Kier molecular flexibility index (Phi) is 8.08. The highest BCUT2D eigenvalue weighted by molar-refractivity contribution is 5.99. The summed E-state index contributed by atoms with van der Waals surface area (Å²) in [7, 11) is 0. The lowest BCUT2D eigenvalue weighted by molar-refractivity contribution is 1.07. The predicted molar refractivity (Wildman–Crippen MR) is 225 cm³/mol. The molecule has 0 spiro atoms. The molecule has 8 aromatic carbocycles. The van der Waals surface area contributed by atoms with Gasteiger partial charge in [-0.1, -0.05) is 170 Å². The molecule has 2 heterocycles. The maximum Gasteiger partial charge on any atom is 0.164 e. The van der Waals surface area contributed by atoms with Crippen LogP contribution in [-0.4, -0.2) is 24.5 Å². The Morgan fingerprint density at radius 1 is 0.327 bits per heavy atom. The minimum Gasteiger partial charge on any atom is -0.292 e. The van der Waals surface area contributed by atoms with Crippen LogP contribution in [0.2, 0.25) is 0 Å². The summed E-state index contributed by atoms with van der Waals surface area (Å²) in [5.41, 5.74) is 11.7. The second kappa shape index (κ2) is 13.8. The van der Waals surface area contributed by atoms with Crippen molar-refractivity contribution in [3.05, 3.63) is 200 Å². The predicted octanol–water partition coefficient (Wildman–Crippen LogP) is 12.4. The fourth-order valence-corrected chi connectivity index (χ4v) is 7.32. The molecule has 0 saturated heterocycles. The Labute approximate surface area is 318 Å². The first-order chi connectivity index (χ1) is 27.2. The van der Waals surface area contributed by atoms with Crippen LogP contribution in [0.25, 0.3) is 95.3 Å². The summed E-state index contributed by atoms with van der Waals surface area (Å²) in [6.07, 6.45) is 0. The first-order valence-corrected chi connectivity index (χ1v) is 18.4. The van der Waals surface area contributed by atoms with Crippen LogP contribution in [0.1, 0.15) is 0 Å². The highest BCUT2D eigenvalue weighted by Crippen LogP contribution is 2.35. The molecule has 0 N–H and O–H groups in total. The van der Waals surface area contributed by atoms with Crippen molar-refractivity contribution in [1.82, 2.24) is 24.5 Å². The molecular weight excluding hydrogens is 671 g/mol. The molecule has 55 heavy (non-hydrogen) atoms. The Balaban J connectivity index is 0.961. The van der Waals surface area contributed by atoms with Crippen LogP contribution < -0.4 is 0 Å². The molecule has 0 aliphatic heterocycles. The van der Waals surface area contributed by atoms with E-state index in [0.717, 1.165) is 55.9 Å². The number of nitrogens with zero attached hydrogens (tertiary/aromatic N) is 5. The van der Waals surface area contributed by atoms with Gasteiger partial charge in [0, 0.05) is 27.9 Å². The van der Waals surface area contributed by atoms with Crippen LogP contribution in [0.5, 0.6) is 0 Å². The molecule has 0 radical (unpaired) electrons. The zero-order valence-corrected chi connectivity index (χ0v) is 29.8. The Hall–Kier alpha value is -7.50. The molecule has 2 aromatic heterocycles. The van der Waals surface area contributed by atoms with Crippen LogP contribution in [0, 0.1) is 0 Å². The van der Waals surface area contributed by atoms with E-state index in [1.54, 1.807) is 0 Å². The summed E-state index contributed by atoms with van der Waals surface area (Å²) in [6, 6.07) is 69.4. The third-order valence-corrected chi connectivity index (χ3v) is 10.1. The number of benzene rings is 8. The van der Waals surface area contributed by atoms with Crippen LogP contribution in [0.3, 0.4) is 0 Å². The van der Waals surface area contributed by atoms with E-state index in [-0.39, 0.29) is 0 Å². The summed E-state index contributed by atoms with van der Waals surface area (Å²) in [5.74, 6) is 2.88. The Morgan fingerprint density at radius 3 is 1.49 bits per heavy atom. The van der Waals surface area contributed by atoms with Crippen molar-refractivity contribution in [2.24, 2.45) is 0 Å². The molecule has 5 nitrogen and oxygen atoms in total. The summed E-state index contributed by atoms with van der Waals surface area (Å²) in [5, 5.41) is 2.39. The minimum atomic E-state index is 0.644. The van der Waals surface area contributed by atoms with Crippen molar-refractivity contribution in [2.75, 3.05) is 0 Å². The molecule has 0 bridgehead atoms. The van der Waals surface area contributed by atoms with Crippen LogP contribution >= 0.6 is 0 Å². The van der Waals surface area contributed by atoms with E-state index < -0.39 is 0 Å². The molecular formula is C50H33N5. The van der Waals surface area contributed by atoms with Gasteiger partial charge in [0.15, 0.2) is 17.5 Å². The third-order valence-electron chi connectivity index (χ3n) is 10.1. The minimum absolute atomic E-state index is 0.644. The normalized spacial score (nSPS) is 11.3. The highest BCUT2D eigenvalue weighted by Gasteiger charge is 2.16. The maximum absolute atomic E-state index is 5.05. The number of rotatable bonds is 7. The number of para-hydroxylation sites is 3. The lowest BCUT2D eigenvalue weighted by Crippen LogP contribution is -2.00. The maximum atomic E-state index is 5.05. The molecule has 0 aliphatic carbocycles. The molecule has 10 rings (SSSR count). The fourth-order valence-electron chi connectivity index (χ4n) is 7.32. The van der Waals surface area contributed by atoms with Crippen molar-refractivity contribution in [3.8, 4) is 73.5 Å². The average molecular weight is 704 g/mol. The van der Waals surface area contributed by atoms with E-state index in [4.69, 9.17) is 19.9 Å². The van der Waals surface area contributed by atoms with E-state index in [2.05, 4.69) is 132 Å². The molecule has 10 aromatic rings. The highest BCUT2D eigenvalue weighted by atomic mass is 15.1. The van der Waals surface area contributed by atoms with Crippen LogP contribution in [0.15, 0.2) is 200 Å². The second-order valence-corrected chi connectivity index (χ2v) is 13.5. The summed E-state index contributed by atoms with van der Waals surface area (Å²) >= 11 is 0. The van der Waals surface area contributed by atoms with E-state index in [1.807, 2.05) is 72.8 Å². The van der Waals surface area contributed by atoms with Gasteiger partial charge in [0.05, 0.1) is 11.0 Å². The fraction of sp³-hybridized carbons (Fsp3) is 0. The SMILES string of the molecule is c1ccc(-c2nc(-c3ccccc3)nc(-c3ccc(-c4cccc5cc(-c6ccc(-c7nc8ccccc8n7-c7ccccc7)cc6)ccc45)cc3)n2)cc1. The van der Waals surface area contributed by atoms with E-state index >= 15 is 0 Å².